The van der Waals surface area contributed by atoms with Crippen LogP contribution < -0.4 is 5.73 Å². The Morgan fingerprint density at radius 2 is 1.55 bits per heavy atom. The van der Waals surface area contributed by atoms with Crippen LogP contribution in [0.3, 0.4) is 0 Å². The molecule has 0 bridgehead atoms. The van der Waals surface area contributed by atoms with Gasteiger partial charge in [0.25, 0.3) is 0 Å². The molecule has 4 heteroatoms. The van der Waals surface area contributed by atoms with E-state index in [1.807, 2.05) is 30.3 Å². The number of rotatable bonds is 6. The van der Waals surface area contributed by atoms with Crippen LogP contribution in [0.25, 0.3) is 67.3 Å². The molecular weight excluding hydrogens is 623 g/mol. The largest absolute Gasteiger partial charge is 0.456 e. The van der Waals surface area contributed by atoms with E-state index in [0.29, 0.717) is 6.54 Å². The van der Waals surface area contributed by atoms with Gasteiger partial charge in [0.2, 0.25) is 0 Å². The molecule has 2 aromatic heterocycles. The Kier molecular flexibility index (Phi) is 7.51. The molecule has 0 atom stereocenters. The minimum atomic E-state index is 0.471. The fourth-order valence-corrected chi connectivity index (χ4v) is 7.70. The van der Waals surface area contributed by atoms with Gasteiger partial charge in [-0.2, -0.15) is 0 Å². The molecule has 1 aliphatic carbocycles. The Morgan fingerprint density at radius 1 is 0.745 bits per heavy atom. The number of furan rings is 1. The summed E-state index contributed by atoms with van der Waals surface area (Å²) in [4.78, 5) is 5.31. The van der Waals surface area contributed by atoms with Crippen LogP contribution in [0, 0.1) is 6.92 Å². The highest BCUT2D eigenvalue weighted by molar-refractivity contribution is 6.16. The summed E-state index contributed by atoms with van der Waals surface area (Å²) in [6.07, 6.45) is 9.92. The maximum absolute atomic E-state index is 6.86. The molecule has 0 unspecified atom stereocenters. The molecule has 0 aliphatic heterocycles. The molecule has 0 fully saturated rings. The number of hydrogen-bond donors (Lipinski definition) is 1. The summed E-state index contributed by atoms with van der Waals surface area (Å²) in [5, 5.41) is 4.65. The number of allylic oxidation sites excluding steroid dienone is 3. The number of aryl methyl sites for hydroxylation is 1. The number of hydrogen-bond acceptors (Lipinski definition) is 3. The Hall–Kier alpha value is -6.39. The summed E-state index contributed by atoms with van der Waals surface area (Å²) < 4.78 is 8.91. The minimum Gasteiger partial charge on any atom is -0.456 e. The third-order valence-electron chi connectivity index (χ3n) is 10.2. The predicted molar refractivity (Wildman–Crippen MR) is 215 cm³/mol. The average Bonchev–Trinajstić information content (AvgIpc) is 3.60. The van der Waals surface area contributed by atoms with Crippen LogP contribution in [0.4, 0.5) is 0 Å². The van der Waals surface area contributed by atoms with E-state index in [2.05, 4.69) is 140 Å². The SMILES string of the molecule is C/C(C(=NCc1cccc2oc3ccc(-n4c5ccccc5c5ccc6c(c54)C=CCC=C6)cc3c12)c1ccccc1)=C(/N)c1ccccc1C. The average molecular weight is 660 g/mol. The summed E-state index contributed by atoms with van der Waals surface area (Å²) in [7, 11) is 0. The first-order valence-electron chi connectivity index (χ1n) is 17.5. The van der Waals surface area contributed by atoms with Crippen molar-refractivity contribution in [2.75, 3.05) is 0 Å². The van der Waals surface area contributed by atoms with Gasteiger partial charge in [-0.15, -0.1) is 0 Å². The molecule has 2 N–H and O–H groups in total. The van der Waals surface area contributed by atoms with Crippen LogP contribution in [0.2, 0.25) is 0 Å². The first-order chi connectivity index (χ1) is 25.1. The van der Waals surface area contributed by atoms with Crippen LogP contribution in [0.15, 0.2) is 155 Å². The van der Waals surface area contributed by atoms with Gasteiger partial charge in [0, 0.05) is 49.6 Å². The number of fused-ring (bicyclic) bond motifs is 8. The summed E-state index contributed by atoms with van der Waals surface area (Å²) in [5.74, 6) is 0. The van der Waals surface area contributed by atoms with Crippen molar-refractivity contribution in [3.63, 3.8) is 0 Å². The molecule has 0 radical (unpaired) electrons. The second kappa shape index (κ2) is 12.5. The first-order valence-corrected chi connectivity index (χ1v) is 17.5. The molecule has 8 aromatic rings. The maximum Gasteiger partial charge on any atom is 0.135 e. The summed E-state index contributed by atoms with van der Waals surface area (Å²) in [5.41, 5.74) is 21.4. The zero-order valence-corrected chi connectivity index (χ0v) is 28.7. The fourth-order valence-electron chi connectivity index (χ4n) is 7.70. The normalized spacial score (nSPS) is 13.6. The molecule has 0 amide bonds. The van der Waals surface area contributed by atoms with Crippen LogP contribution in [-0.2, 0) is 6.54 Å². The van der Waals surface area contributed by atoms with Crippen molar-refractivity contribution in [1.82, 2.24) is 4.57 Å². The summed E-state index contributed by atoms with van der Waals surface area (Å²) in [6, 6.07) is 44.7. The number of aliphatic imine (C=N–C) groups is 1. The van der Waals surface area contributed by atoms with E-state index >= 15 is 0 Å². The van der Waals surface area contributed by atoms with Crippen LogP contribution in [0.1, 0.15) is 46.7 Å². The van der Waals surface area contributed by atoms with Gasteiger partial charge in [-0.05, 0) is 72.9 Å². The Balaban J connectivity index is 1.23. The molecule has 4 nitrogen and oxygen atoms in total. The van der Waals surface area contributed by atoms with Gasteiger partial charge in [-0.3, -0.25) is 4.99 Å². The smallest absolute Gasteiger partial charge is 0.135 e. The van der Waals surface area contributed by atoms with Crippen LogP contribution in [0.5, 0.6) is 0 Å². The van der Waals surface area contributed by atoms with Gasteiger partial charge in [0.15, 0.2) is 0 Å². The van der Waals surface area contributed by atoms with Crippen LogP contribution >= 0.6 is 0 Å². The zero-order chi connectivity index (χ0) is 34.5. The molecule has 6 aromatic carbocycles. The monoisotopic (exact) mass is 659 g/mol. The maximum atomic E-state index is 6.86. The van der Waals surface area contributed by atoms with E-state index in [1.54, 1.807) is 0 Å². The number of nitrogens with zero attached hydrogens (tertiary/aromatic N) is 2. The standard InChI is InChI=1S/C47H37N3O/c1-30-14-9-10-19-36(30)45(48)31(2)46(33-16-6-3-7-17-33)49-29-34-18-13-23-43-44(34)40-28-35(25-27-42(40)51-43)50-41-22-12-11-21-38(41)39-26-24-32-15-5-4-8-20-37(32)47(39)50/h3,5-28H,4,29,48H2,1-2H3/b45-31-,49-46?. The van der Waals surface area contributed by atoms with E-state index < -0.39 is 0 Å². The molecule has 9 rings (SSSR count). The Bertz CT molecular complexity index is 2770. The highest BCUT2D eigenvalue weighted by Crippen LogP contribution is 2.39. The van der Waals surface area contributed by atoms with E-state index in [-0.39, 0.29) is 0 Å². The lowest BCUT2D eigenvalue weighted by molar-refractivity contribution is 0.668. The third-order valence-corrected chi connectivity index (χ3v) is 10.2. The van der Waals surface area contributed by atoms with E-state index in [0.717, 1.165) is 73.3 Å². The van der Waals surface area contributed by atoms with E-state index in [9.17, 15) is 0 Å². The lowest BCUT2D eigenvalue weighted by Gasteiger charge is -2.14. The van der Waals surface area contributed by atoms with Gasteiger partial charge in [-0.1, -0.05) is 121 Å². The van der Waals surface area contributed by atoms with Crippen molar-refractivity contribution in [1.29, 1.82) is 0 Å². The topological polar surface area (TPSA) is 56.5 Å². The van der Waals surface area contributed by atoms with Gasteiger partial charge >= 0.3 is 0 Å². The highest BCUT2D eigenvalue weighted by Gasteiger charge is 2.19. The lowest BCUT2D eigenvalue weighted by atomic mass is 9.96. The zero-order valence-electron chi connectivity index (χ0n) is 28.7. The molecule has 1 aliphatic rings. The molecule has 0 spiro atoms. The van der Waals surface area contributed by atoms with Crippen molar-refractivity contribution in [2.24, 2.45) is 10.7 Å². The second-order valence-corrected chi connectivity index (χ2v) is 13.3. The van der Waals surface area contributed by atoms with E-state index in [4.69, 9.17) is 15.1 Å². The number of nitrogens with two attached hydrogens (primary N) is 1. The molecule has 51 heavy (non-hydrogen) atoms. The lowest BCUT2D eigenvalue weighted by Crippen LogP contribution is -2.11. The summed E-state index contributed by atoms with van der Waals surface area (Å²) >= 11 is 0. The highest BCUT2D eigenvalue weighted by atomic mass is 16.3. The first kappa shape index (κ1) is 30.7. The third kappa shape index (κ3) is 5.19. The Labute approximate surface area is 297 Å². The molecule has 0 saturated carbocycles. The molecular formula is C47H37N3O. The van der Waals surface area contributed by atoms with Crippen molar-refractivity contribution in [3.8, 4) is 5.69 Å². The molecule has 0 saturated heterocycles. The van der Waals surface area contributed by atoms with Gasteiger partial charge in [0.1, 0.15) is 11.2 Å². The number of para-hydroxylation sites is 1. The molecule has 2 heterocycles. The fraction of sp³-hybridized carbons (Fsp3) is 0.0851. The molecule has 246 valence electrons. The minimum absolute atomic E-state index is 0.471. The van der Waals surface area contributed by atoms with Crippen molar-refractivity contribution in [3.05, 3.63) is 178 Å². The van der Waals surface area contributed by atoms with Crippen molar-refractivity contribution in [2.45, 2.75) is 26.8 Å². The quantitative estimate of drug-likeness (QED) is 0.181. The van der Waals surface area contributed by atoms with Crippen molar-refractivity contribution < 1.29 is 4.42 Å². The number of aromatic nitrogens is 1. The second-order valence-electron chi connectivity index (χ2n) is 13.3. The van der Waals surface area contributed by atoms with Gasteiger partial charge < -0.3 is 14.7 Å². The Morgan fingerprint density at radius 3 is 2.43 bits per heavy atom. The van der Waals surface area contributed by atoms with Gasteiger partial charge in [-0.25, -0.2) is 0 Å². The van der Waals surface area contributed by atoms with Crippen molar-refractivity contribution >= 4 is 67.3 Å². The van der Waals surface area contributed by atoms with Gasteiger partial charge in [0.05, 0.1) is 23.3 Å². The van der Waals surface area contributed by atoms with Crippen LogP contribution in [-0.4, -0.2) is 10.3 Å². The van der Waals surface area contributed by atoms with E-state index in [1.165, 1.54) is 32.9 Å². The predicted octanol–water partition coefficient (Wildman–Crippen LogP) is 11.8. The summed E-state index contributed by atoms with van der Waals surface area (Å²) in [6.45, 7) is 4.64. The number of benzene rings is 6.